The van der Waals surface area contributed by atoms with Gasteiger partial charge < -0.3 is 14.2 Å². The summed E-state index contributed by atoms with van der Waals surface area (Å²) in [6, 6.07) is 15.0. The number of nitro groups is 1. The SMILES string of the molecule is O=C(/C=C/c1ccco1)Nc1ccc(C(=O)Nc2nnc(-c3ccc([N+](=O)[O-])cc3)o2)cc1. The van der Waals surface area contributed by atoms with Gasteiger partial charge in [0.1, 0.15) is 5.76 Å². The molecule has 0 atom stereocenters. The van der Waals surface area contributed by atoms with Crippen molar-refractivity contribution in [2.24, 2.45) is 0 Å². The van der Waals surface area contributed by atoms with Gasteiger partial charge in [0.05, 0.1) is 11.2 Å². The predicted octanol–water partition coefficient (Wildman–Crippen LogP) is 4.14. The molecule has 2 heterocycles. The van der Waals surface area contributed by atoms with Crippen molar-refractivity contribution in [1.29, 1.82) is 0 Å². The van der Waals surface area contributed by atoms with E-state index in [1.807, 2.05) is 0 Å². The van der Waals surface area contributed by atoms with Crippen molar-refractivity contribution in [3.05, 3.63) is 94.4 Å². The molecule has 0 spiro atoms. The fourth-order valence-corrected chi connectivity index (χ4v) is 2.72. The highest BCUT2D eigenvalue weighted by atomic mass is 16.6. The number of rotatable bonds is 7. The van der Waals surface area contributed by atoms with Crippen LogP contribution in [0.25, 0.3) is 17.5 Å². The summed E-state index contributed by atoms with van der Waals surface area (Å²) in [5.41, 5.74) is 1.20. The van der Waals surface area contributed by atoms with Crippen molar-refractivity contribution in [2.75, 3.05) is 10.6 Å². The molecule has 0 unspecified atom stereocenters. The Balaban J connectivity index is 1.35. The molecule has 0 saturated heterocycles. The van der Waals surface area contributed by atoms with Gasteiger partial charge in [0, 0.05) is 35.0 Å². The summed E-state index contributed by atoms with van der Waals surface area (Å²) in [4.78, 5) is 34.6. The van der Waals surface area contributed by atoms with Crippen LogP contribution < -0.4 is 10.6 Å². The summed E-state index contributed by atoms with van der Waals surface area (Å²) in [6.07, 6.45) is 4.37. The number of carbonyl (C=O) groups is 2. The van der Waals surface area contributed by atoms with Gasteiger partial charge in [0.2, 0.25) is 11.8 Å². The number of carbonyl (C=O) groups excluding carboxylic acids is 2. The number of aromatic nitrogens is 2. The Hall–Kier alpha value is -5.06. The zero-order chi connectivity index (χ0) is 23.2. The Morgan fingerprint density at radius 2 is 1.73 bits per heavy atom. The number of benzene rings is 2. The van der Waals surface area contributed by atoms with Crippen molar-refractivity contribution in [1.82, 2.24) is 10.2 Å². The molecule has 0 aliphatic rings. The molecule has 2 N–H and O–H groups in total. The van der Waals surface area contributed by atoms with Gasteiger partial charge in [-0.05, 0) is 54.6 Å². The smallest absolute Gasteiger partial charge is 0.322 e. The number of nitro benzene ring substituents is 1. The van der Waals surface area contributed by atoms with E-state index in [2.05, 4.69) is 20.8 Å². The zero-order valence-corrected chi connectivity index (χ0v) is 16.8. The molecule has 164 valence electrons. The molecule has 2 aromatic carbocycles. The lowest BCUT2D eigenvalue weighted by molar-refractivity contribution is -0.384. The van der Waals surface area contributed by atoms with Crippen LogP contribution in [0.3, 0.4) is 0 Å². The first-order valence-corrected chi connectivity index (χ1v) is 9.50. The molecular formula is C22H15N5O6. The van der Waals surface area contributed by atoms with E-state index < -0.39 is 10.8 Å². The van der Waals surface area contributed by atoms with E-state index >= 15 is 0 Å². The van der Waals surface area contributed by atoms with Crippen molar-refractivity contribution in [3.63, 3.8) is 0 Å². The molecule has 0 aliphatic heterocycles. The van der Waals surface area contributed by atoms with Gasteiger partial charge in [0.15, 0.2) is 0 Å². The van der Waals surface area contributed by atoms with Crippen LogP contribution in [0.15, 0.2) is 81.8 Å². The fourth-order valence-electron chi connectivity index (χ4n) is 2.72. The van der Waals surface area contributed by atoms with Gasteiger partial charge >= 0.3 is 6.01 Å². The quantitative estimate of drug-likeness (QED) is 0.244. The standard InChI is InChI=1S/C22H15N5O6/c28-19(12-11-18-2-1-13-32-18)23-16-7-3-14(4-8-16)20(29)24-22-26-25-21(33-22)15-5-9-17(10-6-15)27(30)31/h1-13H,(H,23,28)(H,24,26,29)/b12-11+. The molecule has 33 heavy (non-hydrogen) atoms. The highest BCUT2D eigenvalue weighted by Gasteiger charge is 2.14. The molecule has 0 radical (unpaired) electrons. The normalized spacial score (nSPS) is 10.8. The van der Waals surface area contributed by atoms with Crippen LogP contribution in [0.1, 0.15) is 16.1 Å². The number of hydrogen-bond donors (Lipinski definition) is 2. The van der Waals surface area contributed by atoms with E-state index in [-0.39, 0.29) is 23.5 Å². The monoisotopic (exact) mass is 445 g/mol. The molecule has 0 saturated carbocycles. The lowest BCUT2D eigenvalue weighted by Gasteiger charge is -2.04. The summed E-state index contributed by atoms with van der Waals surface area (Å²) in [5.74, 6) is -0.200. The summed E-state index contributed by atoms with van der Waals surface area (Å²) in [7, 11) is 0. The van der Waals surface area contributed by atoms with E-state index in [9.17, 15) is 19.7 Å². The molecule has 2 aromatic heterocycles. The maximum absolute atomic E-state index is 12.4. The molecule has 4 rings (SSSR count). The second kappa shape index (κ2) is 9.39. The first-order chi connectivity index (χ1) is 16.0. The third-order valence-corrected chi connectivity index (χ3v) is 4.33. The summed E-state index contributed by atoms with van der Waals surface area (Å²) in [5, 5.41) is 23.5. The van der Waals surface area contributed by atoms with Crippen molar-refractivity contribution in [3.8, 4) is 11.5 Å². The van der Waals surface area contributed by atoms with E-state index in [1.54, 1.807) is 24.3 Å². The molecule has 4 aromatic rings. The predicted molar refractivity (Wildman–Crippen MR) is 117 cm³/mol. The fraction of sp³-hybridized carbons (Fsp3) is 0. The minimum absolute atomic E-state index is 0.0695. The van der Waals surface area contributed by atoms with E-state index in [4.69, 9.17) is 8.83 Å². The minimum Gasteiger partial charge on any atom is -0.465 e. The first-order valence-electron chi connectivity index (χ1n) is 9.50. The maximum Gasteiger partial charge on any atom is 0.322 e. The molecule has 0 aliphatic carbocycles. The highest BCUT2D eigenvalue weighted by molar-refractivity contribution is 6.04. The molecule has 11 nitrogen and oxygen atoms in total. The Kier molecular flexibility index (Phi) is 6.03. The van der Waals surface area contributed by atoms with Gasteiger partial charge in [0.25, 0.3) is 11.6 Å². The molecule has 2 amide bonds. The number of nitrogens with one attached hydrogen (secondary N) is 2. The number of non-ortho nitro benzene ring substituents is 1. The van der Waals surface area contributed by atoms with Crippen molar-refractivity contribution in [2.45, 2.75) is 0 Å². The van der Waals surface area contributed by atoms with Crippen LogP contribution >= 0.6 is 0 Å². The van der Waals surface area contributed by atoms with Crippen molar-refractivity contribution < 1.29 is 23.3 Å². The Morgan fingerprint density at radius 1 is 0.970 bits per heavy atom. The Labute approximate surface area is 185 Å². The van der Waals surface area contributed by atoms with Gasteiger partial charge in [-0.3, -0.25) is 25.0 Å². The first kappa shape index (κ1) is 21.2. The van der Waals surface area contributed by atoms with Gasteiger partial charge in [-0.25, -0.2) is 0 Å². The third-order valence-electron chi connectivity index (χ3n) is 4.33. The van der Waals surface area contributed by atoms with Gasteiger partial charge in [-0.2, -0.15) is 0 Å². The van der Waals surface area contributed by atoms with E-state index in [1.165, 1.54) is 54.8 Å². The number of nitrogens with zero attached hydrogens (tertiary/aromatic N) is 3. The summed E-state index contributed by atoms with van der Waals surface area (Å²) in [6.45, 7) is 0. The van der Waals surface area contributed by atoms with E-state index in [0.717, 1.165) is 0 Å². The van der Waals surface area contributed by atoms with Crippen LogP contribution in [0, 0.1) is 10.1 Å². The van der Waals surface area contributed by atoms with Gasteiger partial charge in [-0.1, -0.05) is 5.10 Å². The summed E-state index contributed by atoms with van der Waals surface area (Å²) < 4.78 is 10.5. The Bertz CT molecular complexity index is 1310. The number of hydrogen-bond acceptors (Lipinski definition) is 8. The average Bonchev–Trinajstić information content (AvgIpc) is 3.50. The van der Waals surface area contributed by atoms with E-state index in [0.29, 0.717) is 22.6 Å². The van der Waals surface area contributed by atoms with Gasteiger partial charge in [-0.15, -0.1) is 5.10 Å². The largest absolute Gasteiger partial charge is 0.465 e. The topological polar surface area (TPSA) is 153 Å². The minimum atomic E-state index is -0.516. The molecule has 11 heteroatoms. The van der Waals surface area contributed by atoms with Crippen molar-refractivity contribution >= 4 is 35.3 Å². The number of furan rings is 1. The van der Waals surface area contributed by atoms with Crippen LogP contribution in [-0.4, -0.2) is 26.9 Å². The number of anilines is 2. The lowest BCUT2D eigenvalue weighted by atomic mass is 10.2. The zero-order valence-electron chi connectivity index (χ0n) is 16.8. The third kappa shape index (κ3) is 5.35. The summed E-state index contributed by atoms with van der Waals surface area (Å²) >= 11 is 0. The highest BCUT2D eigenvalue weighted by Crippen LogP contribution is 2.23. The second-order valence-electron chi connectivity index (χ2n) is 6.59. The Morgan fingerprint density at radius 3 is 2.39 bits per heavy atom. The van der Waals surface area contributed by atoms with Crippen LogP contribution in [0.2, 0.25) is 0 Å². The molecule has 0 bridgehead atoms. The lowest BCUT2D eigenvalue weighted by Crippen LogP contribution is -2.12. The molecule has 0 fully saturated rings. The molecular weight excluding hydrogens is 430 g/mol. The number of amides is 2. The van der Waals surface area contributed by atoms with Crippen LogP contribution in [0.4, 0.5) is 17.4 Å². The maximum atomic E-state index is 12.4. The second-order valence-corrected chi connectivity index (χ2v) is 6.59. The van der Waals surface area contributed by atoms with Crippen LogP contribution in [-0.2, 0) is 4.79 Å². The van der Waals surface area contributed by atoms with Crippen LogP contribution in [0.5, 0.6) is 0 Å². The average molecular weight is 445 g/mol.